The minimum Gasteiger partial charge on any atom is -0.481 e. The van der Waals surface area contributed by atoms with Crippen LogP contribution < -0.4 is 5.32 Å². The van der Waals surface area contributed by atoms with Gasteiger partial charge in [0.2, 0.25) is 0 Å². The van der Waals surface area contributed by atoms with E-state index in [0.717, 1.165) is 0 Å². The predicted molar refractivity (Wildman–Crippen MR) is 72.5 cm³/mol. The van der Waals surface area contributed by atoms with E-state index in [1.165, 1.54) is 31.0 Å². The minimum absolute atomic E-state index is 0.0696. The van der Waals surface area contributed by atoms with E-state index in [0.29, 0.717) is 10.2 Å². The molecule has 1 aromatic carbocycles. The van der Waals surface area contributed by atoms with Crippen LogP contribution in [0.3, 0.4) is 0 Å². The average Bonchev–Trinajstić information content (AvgIpc) is 2.33. The topological polar surface area (TPSA) is 69.6 Å². The summed E-state index contributed by atoms with van der Waals surface area (Å²) in [6.07, 6.45) is 0. The summed E-state index contributed by atoms with van der Waals surface area (Å²) in [6, 6.07) is 3.70. The van der Waals surface area contributed by atoms with Crippen LogP contribution in [0.25, 0.3) is 0 Å². The summed E-state index contributed by atoms with van der Waals surface area (Å²) in [5.74, 6) is -2.13. The molecule has 0 aliphatic heterocycles. The van der Waals surface area contributed by atoms with E-state index in [-0.39, 0.29) is 6.54 Å². The Morgan fingerprint density at radius 2 is 2.16 bits per heavy atom. The Labute approximate surface area is 118 Å². The SMILES string of the molecule is CC(CN(C)C(=O)Nc1ccc(Br)c(F)c1)C(=O)O. The Morgan fingerprint density at radius 1 is 1.53 bits per heavy atom. The van der Waals surface area contributed by atoms with Crippen LogP contribution in [0.15, 0.2) is 22.7 Å². The molecular formula is C12H14BrFN2O3. The number of carbonyl (C=O) groups excluding carboxylic acids is 1. The molecule has 0 bridgehead atoms. The van der Waals surface area contributed by atoms with Gasteiger partial charge in [0, 0.05) is 19.3 Å². The van der Waals surface area contributed by atoms with Gasteiger partial charge in [-0.2, -0.15) is 0 Å². The van der Waals surface area contributed by atoms with Gasteiger partial charge in [0.05, 0.1) is 10.4 Å². The van der Waals surface area contributed by atoms with Crippen molar-refractivity contribution in [3.05, 3.63) is 28.5 Å². The maximum absolute atomic E-state index is 13.3. The van der Waals surface area contributed by atoms with E-state index in [1.807, 2.05) is 0 Å². The lowest BCUT2D eigenvalue weighted by atomic mass is 10.2. The van der Waals surface area contributed by atoms with E-state index in [9.17, 15) is 14.0 Å². The Balaban J connectivity index is 2.63. The first-order valence-corrected chi connectivity index (χ1v) is 6.30. The summed E-state index contributed by atoms with van der Waals surface area (Å²) >= 11 is 3.01. The number of carboxylic acid groups (broad SMARTS) is 1. The molecule has 2 amide bonds. The standard InChI is InChI=1S/C12H14BrFN2O3/c1-7(11(17)18)6-16(2)12(19)15-8-3-4-9(13)10(14)5-8/h3-5,7H,6H2,1-2H3,(H,15,19)(H,17,18). The van der Waals surface area contributed by atoms with E-state index in [4.69, 9.17) is 5.11 Å². The molecule has 1 aromatic rings. The molecule has 1 atom stereocenters. The molecule has 7 heteroatoms. The highest BCUT2D eigenvalue weighted by molar-refractivity contribution is 9.10. The van der Waals surface area contributed by atoms with Gasteiger partial charge in [-0.25, -0.2) is 9.18 Å². The lowest BCUT2D eigenvalue weighted by Crippen LogP contribution is -2.36. The number of rotatable bonds is 4. The molecule has 0 saturated carbocycles. The van der Waals surface area contributed by atoms with Crippen molar-refractivity contribution in [3.63, 3.8) is 0 Å². The van der Waals surface area contributed by atoms with Crippen LogP contribution in [0.4, 0.5) is 14.9 Å². The smallest absolute Gasteiger partial charge is 0.321 e. The molecule has 1 rings (SSSR count). The molecule has 0 fully saturated rings. The lowest BCUT2D eigenvalue weighted by molar-refractivity contribution is -0.141. The first-order chi connectivity index (χ1) is 8.81. The number of amides is 2. The molecule has 1 unspecified atom stereocenters. The minimum atomic E-state index is -0.977. The third-order valence-corrected chi connectivity index (χ3v) is 3.13. The Kier molecular flexibility index (Phi) is 5.29. The Bertz CT molecular complexity index is 496. The molecule has 0 aromatic heterocycles. The summed E-state index contributed by atoms with van der Waals surface area (Å²) in [6.45, 7) is 1.57. The summed E-state index contributed by atoms with van der Waals surface area (Å²) in [7, 11) is 1.48. The van der Waals surface area contributed by atoms with Gasteiger partial charge >= 0.3 is 12.0 Å². The average molecular weight is 333 g/mol. The van der Waals surface area contributed by atoms with Crippen LogP contribution in [-0.2, 0) is 4.79 Å². The zero-order valence-electron chi connectivity index (χ0n) is 10.5. The Hall–Kier alpha value is -1.63. The molecule has 19 heavy (non-hydrogen) atoms. The number of carbonyl (C=O) groups is 2. The van der Waals surface area contributed by atoms with Crippen LogP contribution in [0.1, 0.15) is 6.92 Å². The molecule has 0 spiro atoms. The van der Waals surface area contributed by atoms with Crippen molar-refractivity contribution in [3.8, 4) is 0 Å². The molecule has 0 heterocycles. The van der Waals surface area contributed by atoms with Crippen molar-refractivity contribution in [2.75, 3.05) is 18.9 Å². The molecule has 0 aliphatic carbocycles. The van der Waals surface area contributed by atoms with Crippen LogP contribution >= 0.6 is 15.9 Å². The second kappa shape index (κ2) is 6.51. The Morgan fingerprint density at radius 3 is 2.68 bits per heavy atom. The van der Waals surface area contributed by atoms with E-state index < -0.39 is 23.7 Å². The number of hydrogen-bond donors (Lipinski definition) is 2. The first-order valence-electron chi connectivity index (χ1n) is 5.51. The van der Waals surface area contributed by atoms with Gasteiger partial charge in [-0.3, -0.25) is 4.79 Å². The molecule has 104 valence electrons. The van der Waals surface area contributed by atoms with E-state index >= 15 is 0 Å². The fourth-order valence-electron chi connectivity index (χ4n) is 1.36. The van der Waals surface area contributed by atoms with Gasteiger partial charge in [-0.1, -0.05) is 6.92 Å². The molecule has 0 radical (unpaired) electrons. The number of nitrogens with zero attached hydrogens (tertiary/aromatic N) is 1. The molecule has 0 aliphatic rings. The van der Waals surface area contributed by atoms with Crippen LogP contribution in [0, 0.1) is 11.7 Å². The molecule has 2 N–H and O–H groups in total. The number of benzene rings is 1. The number of aliphatic carboxylic acids is 1. The van der Waals surface area contributed by atoms with Crippen molar-refractivity contribution < 1.29 is 19.1 Å². The second-order valence-electron chi connectivity index (χ2n) is 4.18. The van der Waals surface area contributed by atoms with Gasteiger partial charge in [0.25, 0.3) is 0 Å². The maximum Gasteiger partial charge on any atom is 0.321 e. The summed E-state index contributed by atoms with van der Waals surface area (Å²) in [5.41, 5.74) is 0.306. The highest BCUT2D eigenvalue weighted by Gasteiger charge is 2.17. The summed E-state index contributed by atoms with van der Waals surface area (Å²) < 4.78 is 13.6. The maximum atomic E-state index is 13.3. The van der Waals surface area contributed by atoms with E-state index in [1.54, 1.807) is 6.07 Å². The fraction of sp³-hybridized carbons (Fsp3) is 0.333. The van der Waals surface area contributed by atoms with Gasteiger partial charge in [-0.15, -0.1) is 0 Å². The number of urea groups is 1. The van der Waals surface area contributed by atoms with Gasteiger partial charge in [-0.05, 0) is 34.1 Å². The lowest BCUT2D eigenvalue weighted by Gasteiger charge is -2.20. The zero-order valence-corrected chi connectivity index (χ0v) is 12.1. The van der Waals surface area contributed by atoms with Crippen LogP contribution in [0.2, 0.25) is 0 Å². The normalized spacial score (nSPS) is 11.8. The van der Waals surface area contributed by atoms with Crippen molar-refractivity contribution in [2.24, 2.45) is 5.92 Å². The number of anilines is 1. The van der Waals surface area contributed by atoms with Crippen molar-refractivity contribution in [1.82, 2.24) is 4.90 Å². The van der Waals surface area contributed by atoms with Crippen molar-refractivity contribution >= 4 is 33.6 Å². The third-order valence-electron chi connectivity index (χ3n) is 2.49. The van der Waals surface area contributed by atoms with Gasteiger partial charge in [0.1, 0.15) is 5.82 Å². The van der Waals surface area contributed by atoms with Gasteiger partial charge < -0.3 is 15.3 Å². The first kappa shape index (κ1) is 15.4. The van der Waals surface area contributed by atoms with E-state index in [2.05, 4.69) is 21.2 Å². The predicted octanol–water partition coefficient (Wildman–Crippen LogP) is 2.77. The highest BCUT2D eigenvalue weighted by atomic mass is 79.9. The molecule has 5 nitrogen and oxygen atoms in total. The quantitative estimate of drug-likeness (QED) is 0.890. The highest BCUT2D eigenvalue weighted by Crippen LogP contribution is 2.19. The summed E-state index contributed by atoms with van der Waals surface area (Å²) in [5, 5.41) is 11.2. The number of hydrogen-bond acceptors (Lipinski definition) is 2. The largest absolute Gasteiger partial charge is 0.481 e. The summed E-state index contributed by atoms with van der Waals surface area (Å²) in [4.78, 5) is 23.7. The van der Waals surface area contributed by atoms with Gasteiger partial charge in [0.15, 0.2) is 0 Å². The van der Waals surface area contributed by atoms with Crippen LogP contribution in [0.5, 0.6) is 0 Å². The van der Waals surface area contributed by atoms with Crippen LogP contribution in [-0.4, -0.2) is 35.6 Å². The van der Waals surface area contributed by atoms with Crippen molar-refractivity contribution in [1.29, 1.82) is 0 Å². The fourth-order valence-corrected chi connectivity index (χ4v) is 1.61. The molecule has 0 saturated heterocycles. The third kappa shape index (κ3) is 4.51. The number of carboxylic acids is 1. The number of halogens is 2. The second-order valence-corrected chi connectivity index (χ2v) is 5.03. The van der Waals surface area contributed by atoms with Crippen molar-refractivity contribution in [2.45, 2.75) is 6.92 Å². The number of nitrogens with one attached hydrogen (secondary N) is 1. The monoisotopic (exact) mass is 332 g/mol. The zero-order chi connectivity index (χ0) is 14.6. The molecular weight excluding hydrogens is 319 g/mol.